The van der Waals surface area contributed by atoms with Crippen molar-refractivity contribution in [3.05, 3.63) is 53.1 Å². The zero-order chi connectivity index (χ0) is 20.4. The number of nitrogens with one attached hydrogen (secondary N) is 1. The lowest BCUT2D eigenvalue weighted by Crippen LogP contribution is -2.35. The third kappa shape index (κ3) is 4.02. The van der Waals surface area contributed by atoms with Gasteiger partial charge >= 0.3 is 0 Å². The number of amides is 1. The van der Waals surface area contributed by atoms with E-state index in [1.54, 1.807) is 12.1 Å². The summed E-state index contributed by atoms with van der Waals surface area (Å²) in [5, 5.41) is 2.84. The predicted molar refractivity (Wildman–Crippen MR) is 112 cm³/mol. The Balaban J connectivity index is 1.60. The fraction of sp³-hybridized carbons (Fsp3) is 0.409. The summed E-state index contributed by atoms with van der Waals surface area (Å²) in [4.78, 5) is 12.8. The maximum atomic E-state index is 13.1. The Morgan fingerprint density at radius 2 is 1.72 bits per heavy atom. The number of piperidine rings is 1. The molecule has 1 N–H and O–H groups in total. The van der Waals surface area contributed by atoms with Crippen LogP contribution in [0.5, 0.6) is 5.75 Å². The number of sulfonamides is 1. The molecule has 6 nitrogen and oxygen atoms in total. The van der Waals surface area contributed by atoms with E-state index in [-0.39, 0.29) is 16.6 Å². The van der Waals surface area contributed by atoms with Crippen LogP contribution in [-0.4, -0.2) is 38.8 Å². The molecule has 0 bridgehead atoms. The molecule has 0 spiro atoms. The molecule has 4 rings (SSSR count). The predicted octanol–water partition coefficient (Wildman–Crippen LogP) is 3.61. The molecule has 1 fully saturated rings. The fourth-order valence-corrected chi connectivity index (χ4v) is 5.82. The Kier molecular flexibility index (Phi) is 5.61. The highest BCUT2D eigenvalue weighted by Gasteiger charge is 2.29. The van der Waals surface area contributed by atoms with E-state index >= 15 is 0 Å². The van der Waals surface area contributed by atoms with E-state index in [1.165, 1.54) is 28.6 Å². The number of hydrogen-bond acceptors (Lipinski definition) is 4. The minimum atomic E-state index is -3.68. The standard InChI is InChI=1S/C22H26N2O4S/c1-28-20-11-10-19(15-21(20)29(26,27)24-12-3-2-4-13-24)23-22(25)18-9-8-16-6-5-7-17(16)14-18/h8-11,14-15H,2-7,12-13H2,1H3,(H,23,25). The number of aryl methyl sites for hydroxylation is 2. The van der Waals surface area contributed by atoms with Gasteiger partial charge in [0.25, 0.3) is 5.91 Å². The Morgan fingerprint density at radius 1 is 0.966 bits per heavy atom. The number of benzene rings is 2. The number of carbonyl (C=O) groups is 1. The number of fused-ring (bicyclic) bond motifs is 1. The van der Waals surface area contributed by atoms with E-state index in [9.17, 15) is 13.2 Å². The molecule has 154 valence electrons. The quantitative estimate of drug-likeness (QED) is 0.811. The number of carbonyl (C=O) groups excluding carboxylic acids is 1. The number of ether oxygens (including phenoxy) is 1. The molecule has 0 saturated carbocycles. The summed E-state index contributed by atoms with van der Waals surface area (Å²) >= 11 is 0. The van der Waals surface area contributed by atoms with Gasteiger partial charge in [-0.15, -0.1) is 0 Å². The van der Waals surface area contributed by atoms with Crippen LogP contribution in [0.15, 0.2) is 41.3 Å². The lowest BCUT2D eigenvalue weighted by atomic mass is 10.1. The Bertz CT molecular complexity index is 1030. The van der Waals surface area contributed by atoms with E-state index < -0.39 is 10.0 Å². The van der Waals surface area contributed by atoms with Gasteiger partial charge in [0.2, 0.25) is 10.0 Å². The van der Waals surface area contributed by atoms with E-state index in [4.69, 9.17) is 4.74 Å². The minimum Gasteiger partial charge on any atom is -0.495 e. The summed E-state index contributed by atoms with van der Waals surface area (Å²) in [6.45, 7) is 1.02. The highest BCUT2D eigenvalue weighted by atomic mass is 32.2. The Hall–Kier alpha value is -2.38. The van der Waals surface area contributed by atoms with Gasteiger partial charge in [-0.3, -0.25) is 4.79 Å². The zero-order valence-electron chi connectivity index (χ0n) is 16.6. The summed E-state index contributed by atoms with van der Waals surface area (Å²) in [5.41, 5.74) is 3.55. The van der Waals surface area contributed by atoms with E-state index in [2.05, 4.69) is 5.32 Å². The second-order valence-corrected chi connectivity index (χ2v) is 9.53. The van der Waals surface area contributed by atoms with E-state index in [0.29, 0.717) is 24.3 Å². The summed E-state index contributed by atoms with van der Waals surface area (Å²) in [6, 6.07) is 10.5. The molecule has 0 aromatic heterocycles. The van der Waals surface area contributed by atoms with Crippen molar-refractivity contribution in [2.45, 2.75) is 43.4 Å². The second kappa shape index (κ2) is 8.16. The van der Waals surface area contributed by atoms with Crippen LogP contribution in [0.4, 0.5) is 5.69 Å². The van der Waals surface area contributed by atoms with Crippen LogP contribution in [0, 0.1) is 0 Å². The molecule has 0 atom stereocenters. The summed E-state index contributed by atoms with van der Waals surface area (Å²) in [6.07, 6.45) is 5.94. The molecule has 7 heteroatoms. The number of nitrogens with zero attached hydrogens (tertiary/aromatic N) is 1. The molecule has 1 heterocycles. The third-order valence-electron chi connectivity index (χ3n) is 5.72. The van der Waals surface area contributed by atoms with Crippen molar-refractivity contribution in [3.8, 4) is 5.75 Å². The average Bonchev–Trinajstić information content (AvgIpc) is 3.22. The van der Waals surface area contributed by atoms with E-state index in [1.807, 2.05) is 18.2 Å². The number of rotatable bonds is 5. The first-order chi connectivity index (χ1) is 14.0. The zero-order valence-corrected chi connectivity index (χ0v) is 17.4. The smallest absolute Gasteiger partial charge is 0.255 e. The normalized spacial score (nSPS) is 17.0. The van der Waals surface area contributed by atoms with Crippen molar-refractivity contribution in [2.24, 2.45) is 0 Å². The number of anilines is 1. The van der Waals surface area contributed by atoms with Crippen molar-refractivity contribution in [2.75, 3.05) is 25.5 Å². The van der Waals surface area contributed by atoms with Crippen LogP contribution in [0.25, 0.3) is 0 Å². The first kappa shape index (κ1) is 19.9. The molecule has 2 aromatic rings. The molecular weight excluding hydrogens is 388 g/mol. The monoisotopic (exact) mass is 414 g/mol. The molecule has 2 aromatic carbocycles. The first-order valence-corrected chi connectivity index (χ1v) is 11.5. The van der Waals surface area contributed by atoms with Crippen LogP contribution >= 0.6 is 0 Å². The van der Waals surface area contributed by atoms with Crippen molar-refractivity contribution in [1.29, 1.82) is 0 Å². The molecule has 1 aliphatic heterocycles. The van der Waals surface area contributed by atoms with Gasteiger partial charge in [0, 0.05) is 24.3 Å². The Labute approximate surface area is 171 Å². The molecule has 1 amide bonds. The van der Waals surface area contributed by atoms with Crippen molar-refractivity contribution in [3.63, 3.8) is 0 Å². The molecular formula is C22H26N2O4S. The lowest BCUT2D eigenvalue weighted by Gasteiger charge is -2.26. The van der Waals surface area contributed by atoms with Crippen molar-refractivity contribution >= 4 is 21.6 Å². The van der Waals surface area contributed by atoms with E-state index in [0.717, 1.165) is 38.5 Å². The van der Waals surface area contributed by atoms with Gasteiger partial charge < -0.3 is 10.1 Å². The fourth-order valence-electron chi connectivity index (χ4n) is 4.12. The number of hydrogen-bond donors (Lipinski definition) is 1. The highest BCUT2D eigenvalue weighted by molar-refractivity contribution is 7.89. The van der Waals surface area contributed by atoms with Crippen LogP contribution in [0.3, 0.4) is 0 Å². The van der Waals surface area contributed by atoms with Crippen LogP contribution in [0.2, 0.25) is 0 Å². The van der Waals surface area contributed by atoms with Gasteiger partial charge in [-0.25, -0.2) is 8.42 Å². The highest BCUT2D eigenvalue weighted by Crippen LogP contribution is 2.31. The first-order valence-electron chi connectivity index (χ1n) is 10.1. The van der Waals surface area contributed by atoms with Gasteiger partial charge in [-0.2, -0.15) is 4.31 Å². The maximum Gasteiger partial charge on any atom is 0.255 e. The lowest BCUT2D eigenvalue weighted by molar-refractivity contribution is 0.102. The topological polar surface area (TPSA) is 75.7 Å². The van der Waals surface area contributed by atoms with Gasteiger partial charge in [0.15, 0.2) is 0 Å². The van der Waals surface area contributed by atoms with Crippen molar-refractivity contribution < 1.29 is 17.9 Å². The van der Waals surface area contributed by atoms with Crippen LogP contribution in [-0.2, 0) is 22.9 Å². The van der Waals surface area contributed by atoms with Gasteiger partial charge in [0.1, 0.15) is 10.6 Å². The minimum absolute atomic E-state index is 0.0913. The third-order valence-corrected chi connectivity index (χ3v) is 7.63. The second-order valence-electron chi connectivity index (χ2n) is 7.62. The molecule has 0 unspecified atom stereocenters. The average molecular weight is 415 g/mol. The molecule has 1 saturated heterocycles. The van der Waals surface area contributed by atoms with Crippen LogP contribution < -0.4 is 10.1 Å². The SMILES string of the molecule is COc1ccc(NC(=O)c2ccc3c(c2)CCC3)cc1S(=O)(=O)N1CCCCC1. The summed E-state index contributed by atoms with van der Waals surface area (Å²) < 4.78 is 33.1. The molecule has 0 radical (unpaired) electrons. The van der Waals surface area contributed by atoms with Crippen LogP contribution in [0.1, 0.15) is 47.2 Å². The van der Waals surface area contributed by atoms with Gasteiger partial charge in [-0.1, -0.05) is 12.5 Å². The van der Waals surface area contributed by atoms with Crippen molar-refractivity contribution in [1.82, 2.24) is 4.31 Å². The van der Waals surface area contributed by atoms with Gasteiger partial charge in [-0.05, 0) is 73.6 Å². The number of methoxy groups -OCH3 is 1. The molecule has 2 aliphatic rings. The summed E-state index contributed by atoms with van der Waals surface area (Å²) in [7, 11) is -2.23. The van der Waals surface area contributed by atoms with Gasteiger partial charge in [0.05, 0.1) is 7.11 Å². The molecule has 1 aliphatic carbocycles. The molecule has 29 heavy (non-hydrogen) atoms. The largest absolute Gasteiger partial charge is 0.495 e. The Morgan fingerprint density at radius 3 is 2.48 bits per heavy atom. The summed E-state index contributed by atoms with van der Waals surface area (Å²) in [5.74, 6) is 0.0392. The maximum absolute atomic E-state index is 13.1.